The van der Waals surface area contributed by atoms with Crippen molar-refractivity contribution < 1.29 is 23.7 Å². The highest BCUT2D eigenvalue weighted by atomic mass is 32.2. The van der Waals surface area contributed by atoms with Crippen LogP contribution < -0.4 is 4.74 Å². The highest BCUT2D eigenvalue weighted by Crippen LogP contribution is 2.39. The van der Waals surface area contributed by atoms with Gasteiger partial charge in [-0.1, -0.05) is 127 Å². The van der Waals surface area contributed by atoms with Crippen LogP contribution in [0.25, 0.3) is 0 Å². The van der Waals surface area contributed by atoms with Crippen molar-refractivity contribution in [1.82, 2.24) is 0 Å². The number of hydrogen-bond acceptors (Lipinski definition) is 6. The molecule has 1 saturated heterocycles. The third-order valence-electron chi connectivity index (χ3n) is 7.57. The molecule has 0 unspecified atom stereocenters. The fourth-order valence-corrected chi connectivity index (χ4v) is 6.54. The van der Waals surface area contributed by atoms with Gasteiger partial charge in [0, 0.05) is 4.90 Å². The Balaban J connectivity index is 1.33. The maximum atomic E-state index is 6.86. The number of para-hydroxylation sites is 1. The van der Waals surface area contributed by atoms with E-state index < -0.39 is 18.5 Å². The summed E-state index contributed by atoms with van der Waals surface area (Å²) in [5.74, 6) is 0.732. The summed E-state index contributed by atoms with van der Waals surface area (Å²) in [6.45, 7) is 1.63. The van der Waals surface area contributed by atoms with E-state index in [2.05, 4.69) is 48.5 Å². The van der Waals surface area contributed by atoms with E-state index in [-0.39, 0.29) is 11.4 Å². The molecule has 5 nitrogen and oxygen atoms in total. The molecule has 6 rings (SSSR count). The first kappa shape index (κ1) is 31.1. The van der Waals surface area contributed by atoms with Gasteiger partial charge in [-0.15, -0.1) is 11.8 Å². The summed E-state index contributed by atoms with van der Waals surface area (Å²) in [4.78, 5) is 1.10. The van der Waals surface area contributed by atoms with Crippen LogP contribution in [-0.4, -0.2) is 36.5 Å². The normalized spacial score (nSPS) is 21.3. The van der Waals surface area contributed by atoms with Gasteiger partial charge in [0.05, 0.1) is 26.4 Å². The zero-order valence-corrected chi connectivity index (χ0v) is 25.9. The fourth-order valence-electron chi connectivity index (χ4n) is 5.31. The van der Waals surface area contributed by atoms with Gasteiger partial charge < -0.3 is 23.7 Å². The Bertz CT molecular complexity index is 1520. The maximum Gasteiger partial charge on any atom is 0.215 e. The first-order valence-corrected chi connectivity index (χ1v) is 16.2. The van der Waals surface area contributed by atoms with Crippen LogP contribution in [0.4, 0.5) is 0 Å². The summed E-state index contributed by atoms with van der Waals surface area (Å²) in [6.07, 6.45) is -1.88. The lowest BCUT2D eigenvalue weighted by Crippen LogP contribution is -2.60. The second kappa shape index (κ2) is 16.4. The van der Waals surface area contributed by atoms with Crippen LogP contribution in [0.1, 0.15) is 16.7 Å². The van der Waals surface area contributed by atoms with E-state index in [0.717, 1.165) is 27.3 Å². The van der Waals surface area contributed by atoms with Gasteiger partial charge >= 0.3 is 0 Å². The molecule has 0 N–H and O–H groups in total. The van der Waals surface area contributed by atoms with Crippen molar-refractivity contribution in [2.45, 2.75) is 54.6 Å². The number of hydrogen-bond donors (Lipinski definition) is 0. The van der Waals surface area contributed by atoms with Gasteiger partial charge in [0.2, 0.25) is 6.29 Å². The molecule has 0 radical (unpaired) electrons. The Morgan fingerprint density at radius 2 is 0.978 bits per heavy atom. The second-order valence-electron chi connectivity index (χ2n) is 10.9. The molecule has 0 aromatic heterocycles. The number of thioether (sulfide) groups is 1. The molecular formula is C39H38O5S. The van der Waals surface area contributed by atoms with Gasteiger partial charge in [0.1, 0.15) is 29.3 Å². The van der Waals surface area contributed by atoms with Gasteiger partial charge in [-0.05, 0) is 41.0 Å². The lowest BCUT2D eigenvalue weighted by molar-refractivity contribution is -0.253. The summed E-state index contributed by atoms with van der Waals surface area (Å²) in [5.41, 5.74) is 3.27. The average molecular weight is 619 g/mol. The van der Waals surface area contributed by atoms with Gasteiger partial charge in [-0.2, -0.15) is 0 Å². The molecule has 1 aliphatic rings. The largest absolute Gasteiger partial charge is 0.464 e. The predicted molar refractivity (Wildman–Crippen MR) is 178 cm³/mol. The van der Waals surface area contributed by atoms with Gasteiger partial charge in [0.15, 0.2) is 0 Å². The summed E-state index contributed by atoms with van der Waals surface area (Å²) in [6, 6.07) is 50.7. The molecule has 0 saturated carbocycles. The van der Waals surface area contributed by atoms with E-state index in [1.165, 1.54) is 0 Å². The van der Waals surface area contributed by atoms with Crippen LogP contribution >= 0.6 is 11.8 Å². The van der Waals surface area contributed by atoms with Crippen LogP contribution in [0.3, 0.4) is 0 Å². The third kappa shape index (κ3) is 9.07. The number of ether oxygens (including phenoxy) is 5. The van der Waals surface area contributed by atoms with Crippen molar-refractivity contribution in [3.8, 4) is 5.75 Å². The molecule has 45 heavy (non-hydrogen) atoms. The van der Waals surface area contributed by atoms with E-state index in [9.17, 15) is 0 Å². The van der Waals surface area contributed by atoms with Crippen molar-refractivity contribution in [3.63, 3.8) is 0 Å². The summed E-state index contributed by atoms with van der Waals surface area (Å²) < 4.78 is 33.3. The minimum Gasteiger partial charge on any atom is -0.464 e. The lowest BCUT2D eigenvalue weighted by atomic mass is 10.00. The van der Waals surface area contributed by atoms with Gasteiger partial charge in [0.25, 0.3) is 0 Å². The second-order valence-corrected chi connectivity index (χ2v) is 12.1. The van der Waals surface area contributed by atoms with E-state index in [4.69, 9.17) is 23.7 Å². The van der Waals surface area contributed by atoms with E-state index in [0.29, 0.717) is 26.4 Å². The van der Waals surface area contributed by atoms with Crippen LogP contribution in [0, 0.1) is 0 Å². The number of rotatable bonds is 14. The lowest BCUT2D eigenvalue weighted by Gasteiger charge is -2.45. The van der Waals surface area contributed by atoms with Crippen molar-refractivity contribution >= 4 is 11.8 Å². The fraction of sp³-hybridized carbons (Fsp3) is 0.231. The smallest absolute Gasteiger partial charge is 0.215 e. The Morgan fingerprint density at radius 3 is 1.53 bits per heavy atom. The SMILES string of the molecule is c1ccc(COC[C@H]2O[C@@H](Oc3ccccc3)[C@H](Sc3ccccc3)[C@@H](OCc3ccccc3)[C@@H]2OCc2ccccc2)cc1. The molecule has 6 heteroatoms. The van der Waals surface area contributed by atoms with Gasteiger partial charge in [-0.25, -0.2) is 0 Å². The standard InChI is InChI=1S/C39H38O5S/c1-6-16-30(17-7-1)26-40-29-35-36(41-27-31-18-8-2-9-19-31)37(42-28-32-20-10-3-11-21-32)38(45-34-24-14-5-15-25-34)39(44-35)43-33-22-12-4-13-23-33/h1-25,35-39H,26-29H2/t35-,36-,37+,38-,39-/m1/s1. The van der Waals surface area contributed by atoms with Crippen molar-refractivity contribution in [3.05, 3.63) is 168 Å². The zero-order valence-electron chi connectivity index (χ0n) is 25.1. The molecule has 1 heterocycles. The molecule has 0 spiro atoms. The molecule has 5 aromatic rings. The maximum absolute atomic E-state index is 6.86. The molecule has 1 aliphatic heterocycles. The first-order valence-electron chi connectivity index (χ1n) is 15.3. The van der Waals surface area contributed by atoms with Gasteiger partial charge in [-0.3, -0.25) is 0 Å². The van der Waals surface area contributed by atoms with E-state index in [1.54, 1.807) is 11.8 Å². The zero-order chi connectivity index (χ0) is 30.5. The first-order chi connectivity index (χ1) is 22.3. The quantitative estimate of drug-likeness (QED) is 0.125. The molecule has 0 aliphatic carbocycles. The predicted octanol–water partition coefficient (Wildman–Crippen LogP) is 8.34. The van der Waals surface area contributed by atoms with Crippen molar-refractivity contribution in [2.75, 3.05) is 6.61 Å². The summed E-state index contributed by atoms with van der Waals surface area (Å²) in [5, 5.41) is -0.248. The van der Waals surface area contributed by atoms with Crippen LogP contribution in [0.2, 0.25) is 0 Å². The summed E-state index contributed by atoms with van der Waals surface area (Å²) >= 11 is 1.69. The molecule has 0 amide bonds. The van der Waals surface area contributed by atoms with Crippen molar-refractivity contribution in [2.24, 2.45) is 0 Å². The Labute approximate surface area is 270 Å². The highest BCUT2D eigenvalue weighted by Gasteiger charge is 2.49. The minimum atomic E-state index is -0.625. The highest BCUT2D eigenvalue weighted by molar-refractivity contribution is 8.00. The number of benzene rings is 5. The van der Waals surface area contributed by atoms with Crippen LogP contribution in [-0.2, 0) is 38.8 Å². The molecule has 5 aromatic carbocycles. The topological polar surface area (TPSA) is 46.2 Å². The molecule has 230 valence electrons. The van der Waals surface area contributed by atoms with E-state index in [1.807, 2.05) is 103 Å². The Morgan fingerprint density at radius 1 is 0.511 bits per heavy atom. The van der Waals surface area contributed by atoms with E-state index >= 15 is 0 Å². The molecule has 5 atom stereocenters. The van der Waals surface area contributed by atoms with Crippen molar-refractivity contribution in [1.29, 1.82) is 0 Å². The Hall–Kier alpha value is -3.91. The monoisotopic (exact) mass is 618 g/mol. The van der Waals surface area contributed by atoms with Crippen LogP contribution in [0.15, 0.2) is 157 Å². The molecule has 0 bridgehead atoms. The average Bonchev–Trinajstić information content (AvgIpc) is 3.10. The van der Waals surface area contributed by atoms with Crippen LogP contribution in [0.5, 0.6) is 5.75 Å². The summed E-state index contributed by atoms with van der Waals surface area (Å²) in [7, 11) is 0. The molecular weight excluding hydrogens is 580 g/mol. The third-order valence-corrected chi connectivity index (χ3v) is 8.87. The Kier molecular flexibility index (Phi) is 11.3. The molecule has 1 fully saturated rings. The minimum absolute atomic E-state index is 0.248.